The Morgan fingerprint density at radius 2 is 1.71 bits per heavy atom. The summed E-state index contributed by atoms with van der Waals surface area (Å²) in [5.41, 5.74) is 1.65. The van der Waals surface area contributed by atoms with Gasteiger partial charge in [0.2, 0.25) is 5.91 Å². The lowest BCUT2D eigenvalue weighted by molar-refractivity contribution is -0.140. The number of amides is 4. The molecule has 2 heterocycles. The van der Waals surface area contributed by atoms with Crippen LogP contribution in [0.3, 0.4) is 0 Å². The minimum Gasteiger partial charge on any atom is -0.334 e. The zero-order valence-electron chi connectivity index (χ0n) is 18.0. The number of imide groups is 1. The molecule has 31 heavy (non-hydrogen) atoms. The van der Waals surface area contributed by atoms with Crippen molar-refractivity contribution in [1.29, 1.82) is 0 Å². The summed E-state index contributed by atoms with van der Waals surface area (Å²) in [5.74, 6) is -0.713. The highest BCUT2D eigenvalue weighted by atomic mass is 32.2. The van der Waals surface area contributed by atoms with Gasteiger partial charge in [0.05, 0.1) is 11.5 Å². The molecule has 2 aliphatic heterocycles. The minimum absolute atomic E-state index is 0.0239. The summed E-state index contributed by atoms with van der Waals surface area (Å²) in [6, 6.07) is 5.71. The number of rotatable bonds is 5. The summed E-state index contributed by atoms with van der Waals surface area (Å²) in [7, 11) is -3.16. The molecule has 2 atom stereocenters. The molecule has 168 valence electrons. The zero-order valence-corrected chi connectivity index (χ0v) is 18.8. The van der Waals surface area contributed by atoms with E-state index in [1.807, 2.05) is 19.1 Å². The number of benzene rings is 1. The third kappa shape index (κ3) is 4.20. The van der Waals surface area contributed by atoms with Crippen molar-refractivity contribution < 1.29 is 22.8 Å². The Kier molecular flexibility index (Phi) is 5.81. The molecule has 0 radical (unpaired) electrons. The van der Waals surface area contributed by atoms with Crippen LogP contribution in [0.4, 0.5) is 10.5 Å². The quantitative estimate of drug-likeness (QED) is 0.645. The predicted octanol–water partition coefficient (Wildman–Crippen LogP) is 2.11. The molecular weight excluding hydrogens is 418 g/mol. The molecule has 4 amide bonds. The Morgan fingerprint density at radius 3 is 2.29 bits per heavy atom. The average Bonchev–Trinajstić information content (AvgIpc) is 3.41. The van der Waals surface area contributed by atoms with E-state index in [0.717, 1.165) is 36.1 Å². The first-order valence-electron chi connectivity index (χ1n) is 10.9. The average molecular weight is 448 g/mol. The third-order valence-electron chi connectivity index (χ3n) is 6.66. The maximum Gasteiger partial charge on any atom is 0.332 e. The van der Waals surface area contributed by atoms with E-state index in [1.165, 1.54) is 4.90 Å². The summed E-state index contributed by atoms with van der Waals surface area (Å²) in [4.78, 5) is 43.4. The highest BCUT2D eigenvalue weighted by Crippen LogP contribution is 2.31. The van der Waals surface area contributed by atoms with E-state index in [2.05, 4.69) is 0 Å². The molecule has 0 spiro atoms. The van der Waals surface area contributed by atoms with E-state index in [4.69, 9.17) is 0 Å². The molecule has 4 rings (SSSR count). The van der Waals surface area contributed by atoms with Crippen molar-refractivity contribution >= 4 is 33.4 Å². The predicted molar refractivity (Wildman–Crippen MR) is 116 cm³/mol. The van der Waals surface area contributed by atoms with Crippen LogP contribution in [0.15, 0.2) is 24.3 Å². The maximum absolute atomic E-state index is 13.3. The lowest BCUT2D eigenvalue weighted by Crippen LogP contribution is -2.51. The molecule has 1 aliphatic carbocycles. The van der Waals surface area contributed by atoms with Crippen LogP contribution in [0.5, 0.6) is 0 Å². The van der Waals surface area contributed by atoms with E-state index in [-0.39, 0.29) is 36.0 Å². The van der Waals surface area contributed by atoms with Crippen molar-refractivity contribution in [2.75, 3.05) is 23.0 Å². The molecule has 0 aromatic heterocycles. The first-order valence-corrected chi connectivity index (χ1v) is 12.7. The van der Waals surface area contributed by atoms with E-state index in [9.17, 15) is 22.8 Å². The number of aryl methyl sites for hydroxylation is 1. The van der Waals surface area contributed by atoms with Crippen molar-refractivity contribution in [2.24, 2.45) is 0 Å². The Labute approximate surface area is 183 Å². The molecule has 1 aromatic carbocycles. The molecule has 3 aliphatic rings. The second-order valence-corrected chi connectivity index (χ2v) is 11.1. The molecule has 1 aromatic rings. The van der Waals surface area contributed by atoms with Gasteiger partial charge in [0.25, 0.3) is 5.91 Å². The number of hydrogen-bond donors (Lipinski definition) is 0. The highest BCUT2D eigenvalue weighted by Gasteiger charge is 2.46. The second-order valence-electron chi connectivity index (χ2n) is 8.88. The van der Waals surface area contributed by atoms with Gasteiger partial charge in [-0.2, -0.15) is 0 Å². The number of nitrogens with zero attached hydrogens (tertiary/aromatic N) is 3. The molecule has 0 bridgehead atoms. The van der Waals surface area contributed by atoms with Crippen molar-refractivity contribution in [3.8, 4) is 0 Å². The van der Waals surface area contributed by atoms with Crippen molar-refractivity contribution in [3.63, 3.8) is 0 Å². The third-order valence-corrected chi connectivity index (χ3v) is 8.41. The van der Waals surface area contributed by atoms with Crippen LogP contribution in [-0.2, 0) is 19.4 Å². The minimum atomic E-state index is -3.16. The molecule has 9 heteroatoms. The smallest absolute Gasteiger partial charge is 0.332 e. The first-order chi connectivity index (χ1) is 14.7. The number of anilines is 1. The molecule has 8 nitrogen and oxygen atoms in total. The van der Waals surface area contributed by atoms with Gasteiger partial charge in [-0.25, -0.2) is 13.2 Å². The van der Waals surface area contributed by atoms with Gasteiger partial charge in [0, 0.05) is 17.8 Å². The van der Waals surface area contributed by atoms with Gasteiger partial charge in [-0.05, 0) is 45.2 Å². The first kappa shape index (κ1) is 21.8. The Bertz CT molecular complexity index is 985. The van der Waals surface area contributed by atoms with Crippen molar-refractivity contribution in [3.05, 3.63) is 29.8 Å². The zero-order chi connectivity index (χ0) is 22.3. The summed E-state index contributed by atoms with van der Waals surface area (Å²) in [6.45, 7) is 3.25. The largest absolute Gasteiger partial charge is 0.334 e. The molecule has 0 N–H and O–H groups in total. The van der Waals surface area contributed by atoms with E-state index < -0.39 is 27.8 Å². The molecular formula is C22H29N3O5S. The number of sulfone groups is 1. The molecule has 3 fully saturated rings. The maximum atomic E-state index is 13.3. The molecule has 1 saturated carbocycles. The topological polar surface area (TPSA) is 95.1 Å². The van der Waals surface area contributed by atoms with Gasteiger partial charge in [-0.1, -0.05) is 30.5 Å². The molecule has 0 unspecified atom stereocenters. The number of urea groups is 1. The van der Waals surface area contributed by atoms with Gasteiger partial charge >= 0.3 is 6.03 Å². The van der Waals surface area contributed by atoms with Gasteiger partial charge in [0.1, 0.15) is 12.6 Å². The summed E-state index contributed by atoms with van der Waals surface area (Å²) < 4.78 is 24.1. The number of carbonyl (C=O) groups is 3. The van der Waals surface area contributed by atoms with Gasteiger partial charge in [-0.15, -0.1) is 0 Å². The number of hydrogen-bond acceptors (Lipinski definition) is 5. The number of carbonyl (C=O) groups excluding carboxylic acids is 3. The highest BCUT2D eigenvalue weighted by molar-refractivity contribution is 7.91. The van der Waals surface area contributed by atoms with Gasteiger partial charge < -0.3 is 4.90 Å². The van der Waals surface area contributed by atoms with Crippen molar-refractivity contribution in [2.45, 2.75) is 64.1 Å². The monoisotopic (exact) mass is 447 g/mol. The molecule has 2 saturated heterocycles. The van der Waals surface area contributed by atoms with Crippen LogP contribution in [0, 0.1) is 6.92 Å². The van der Waals surface area contributed by atoms with Gasteiger partial charge in [-0.3, -0.25) is 19.4 Å². The Hall–Kier alpha value is -2.42. The fraction of sp³-hybridized carbons (Fsp3) is 0.591. The van der Waals surface area contributed by atoms with Gasteiger partial charge in [0.15, 0.2) is 9.84 Å². The fourth-order valence-corrected chi connectivity index (χ4v) is 6.72. The van der Waals surface area contributed by atoms with E-state index >= 15 is 0 Å². The van der Waals surface area contributed by atoms with Crippen LogP contribution in [0.1, 0.15) is 44.6 Å². The van der Waals surface area contributed by atoms with Crippen LogP contribution < -0.4 is 4.90 Å². The lowest BCUT2D eigenvalue weighted by Gasteiger charge is -2.35. The lowest BCUT2D eigenvalue weighted by atomic mass is 10.1. The SMILES string of the molecule is Cc1ccc(N2C(=O)N(CC(=O)N(C3CCCC3)[C@H]3CCS(=O)(=O)C3)C(=O)[C@@H]2C)cc1. The van der Waals surface area contributed by atoms with Crippen molar-refractivity contribution in [1.82, 2.24) is 9.80 Å². The van der Waals surface area contributed by atoms with E-state index in [0.29, 0.717) is 12.1 Å². The Balaban J connectivity index is 1.54. The summed E-state index contributed by atoms with van der Waals surface area (Å²) in [6.07, 6.45) is 4.06. The normalized spacial score (nSPS) is 26.1. The van der Waals surface area contributed by atoms with Crippen LogP contribution in [-0.4, -0.2) is 72.2 Å². The fourth-order valence-electron chi connectivity index (χ4n) is 5.01. The second kappa shape index (κ2) is 8.26. The standard InChI is InChI=1S/C22H29N3O5S/c1-15-7-9-18(10-8-15)24-16(2)21(27)23(22(24)28)13-20(26)25(17-5-3-4-6-17)19-11-12-31(29,30)14-19/h7-10,16-17,19H,3-6,11-14H2,1-2H3/t16-,19-/m0/s1. The summed E-state index contributed by atoms with van der Waals surface area (Å²) >= 11 is 0. The van der Waals surface area contributed by atoms with Crippen LogP contribution in [0.2, 0.25) is 0 Å². The van der Waals surface area contributed by atoms with Crippen LogP contribution in [0.25, 0.3) is 0 Å². The Morgan fingerprint density at radius 1 is 1.06 bits per heavy atom. The van der Waals surface area contributed by atoms with Crippen LogP contribution >= 0.6 is 0 Å². The van der Waals surface area contributed by atoms with E-state index in [1.54, 1.807) is 24.0 Å². The summed E-state index contributed by atoms with van der Waals surface area (Å²) in [5, 5.41) is 0.